The smallest absolute Gasteiger partial charge is 0.190 e. The first-order chi connectivity index (χ1) is 14.4. The molecule has 0 aliphatic rings. The lowest BCUT2D eigenvalue weighted by Gasteiger charge is -2.10. The van der Waals surface area contributed by atoms with Gasteiger partial charge in [0, 0.05) is 5.56 Å². The van der Waals surface area contributed by atoms with Gasteiger partial charge in [-0.05, 0) is 17.7 Å². The van der Waals surface area contributed by atoms with Gasteiger partial charge in [-0.15, -0.1) is 10.2 Å². The molecule has 0 amide bonds. The lowest BCUT2D eigenvalue weighted by molar-refractivity contribution is 0.504. The monoisotopic (exact) mass is 428 g/mol. The first-order valence-electron chi connectivity index (χ1n) is 8.58. The first kappa shape index (κ1) is 19.7. The van der Waals surface area contributed by atoms with Crippen LogP contribution in [0.5, 0.6) is 0 Å². The Balaban J connectivity index is 1.76. The molecular formula is C19H14F2N6O2S. The van der Waals surface area contributed by atoms with Crippen LogP contribution in [0.2, 0.25) is 0 Å². The molecule has 0 radical (unpaired) electrons. The predicted molar refractivity (Wildman–Crippen MR) is 107 cm³/mol. The van der Waals surface area contributed by atoms with Crippen LogP contribution in [-0.2, 0) is 16.8 Å². The van der Waals surface area contributed by atoms with E-state index in [4.69, 9.17) is 10.3 Å². The second-order valence-corrected chi connectivity index (χ2v) is 7.18. The van der Waals surface area contributed by atoms with Crippen molar-refractivity contribution in [3.05, 3.63) is 72.2 Å². The first-order valence-corrected chi connectivity index (χ1v) is 9.85. The average Bonchev–Trinajstić information content (AvgIpc) is 3.20. The highest BCUT2D eigenvalue weighted by Crippen LogP contribution is 2.27. The number of hydrogen-bond donors (Lipinski definition) is 2. The standard InChI is InChI=1S/C19H14F2N6O2S/c20-13-2-1-3-15(16(13)21)27-10-24-26-19(27)17-18(22)23-8-14(25-17)12-6-4-11(5-7-12)9-30(28)29/h1-8,10H,9H2,(H2,22,23)(H,28,29). The summed E-state index contributed by atoms with van der Waals surface area (Å²) in [6, 6.07) is 10.6. The van der Waals surface area contributed by atoms with Crippen molar-refractivity contribution in [3.63, 3.8) is 0 Å². The molecule has 1 unspecified atom stereocenters. The van der Waals surface area contributed by atoms with Crippen LogP contribution in [0.4, 0.5) is 14.6 Å². The Morgan fingerprint density at radius 2 is 1.90 bits per heavy atom. The summed E-state index contributed by atoms with van der Waals surface area (Å²) in [7, 11) is 0. The fraction of sp³-hybridized carbons (Fsp3) is 0.0526. The summed E-state index contributed by atoms with van der Waals surface area (Å²) in [6.45, 7) is 0. The van der Waals surface area contributed by atoms with Gasteiger partial charge in [0.05, 0.1) is 23.3 Å². The van der Waals surface area contributed by atoms with Gasteiger partial charge in [-0.3, -0.25) is 4.57 Å². The summed E-state index contributed by atoms with van der Waals surface area (Å²) in [5.41, 5.74) is 7.84. The third-order valence-corrected chi connectivity index (χ3v) is 4.87. The SMILES string of the molecule is Nc1ncc(-c2ccc(CS(=O)O)cc2)nc1-c1nncn1-c1cccc(F)c1F. The van der Waals surface area contributed by atoms with E-state index in [1.807, 2.05) is 0 Å². The highest BCUT2D eigenvalue weighted by Gasteiger charge is 2.19. The van der Waals surface area contributed by atoms with Gasteiger partial charge in [0.2, 0.25) is 0 Å². The number of hydrogen-bond acceptors (Lipinski definition) is 6. The van der Waals surface area contributed by atoms with E-state index >= 15 is 0 Å². The molecule has 0 aliphatic heterocycles. The van der Waals surface area contributed by atoms with Crippen LogP contribution in [0.15, 0.2) is 55.0 Å². The summed E-state index contributed by atoms with van der Waals surface area (Å²) in [6.07, 6.45) is 2.69. The normalized spacial score (nSPS) is 12.1. The fourth-order valence-corrected chi connectivity index (χ4v) is 3.35. The largest absolute Gasteiger partial charge is 0.382 e. The zero-order valence-corrected chi connectivity index (χ0v) is 16.1. The minimum Gasteiger partial charge on any atom is -0.382 e. The molecule has 2 aromatic carbocycles. The molecule has 11 heteroatoms. The van der Waals surface area contributed by atoms with Gasteiger partial charge in [0.1, 0.15) is 6.33 Å². The third kappa shape index (κ3) is 3.80. The van der Waals surface area contributed by atoms with E-state index in [0.717, 1.165) is 6.07 Å². The highest BCUT2D eigenvalue weighted by atomic mass is 32.2. The predicted octanol–water partition coefficient (Wildman–Crippen LogP) is 2.97. The van der Waals surface area contributed by atoms with Gasteiger partial charge in [-0.25, -0.2) is 23.0 Å². The zero-order valence-electron chi connectivity index (χ0n) is 15.2. The third-order valence-electron chi connectivity index (χ3n) is 4.29. The molecule has 8 nitrogen and oxygen atoms in total. The van der Waals surface area contributed by atoms with Gasteiger partial charge >= 0.3 is 0 Å². The van der Waals surface area contributed by atoms with Crippen molar-refractivity contribution in [1.82, 2.24) is 24.7 Å². The van der Waals surface area contributed by atoms with Crippen molar-refractivity contribution >= 4 is 16.9 Å². The molecule has 3 N–H and O–H groups in total. The topological polar surface area (TPSA) is 120 Å². The fourth-order valence-electron chi connectivity index (χ4n) is 2.87. The molecule has 0 spiro atoms. The highest BCUT2D eigenvalue weighted by molar-refractivity contribution is 7.78. The summed E-state index contributed by atoms with van der Waals surface area (Å²) in [4.78, 5) is 8.61. The Morgan fingerprint density at radius 3 is 2.63 bits per heavy atom. The maximum atomic E-state index is 14.3. The summed E-state index contributed by atoms with van der Waals surface area (Å²) >= 11 is -1.94. The van der Waals surface area contributed by atoms with Crippen molar-refractivity contribution in [3.8, 4) is 28.5 Å². The molecule has 30 heavy (non-hydrogen) atoms. The van der Waals surface area contributed by atoms with Crippen molar-refractivity contribution in [2.75, 3.05) is 5.73 Å². The van der Waals surface area contributed by atoms with Gasteiger partial charge < -0.3 is 10.3 Å². The molecule has 2 heterocycles. The van der Waals surface area contributed by atoms with E-state index in [2.05, 4.69) is 20.2 Å². The maximum absolute atomic E-state index is 14.3. The molecule has 0 saturated heterocycles. The van der Waals surface area contributed by atoms with Crippen LogP contribution in [-0.4, -0.2) is 33.5 Å². The molecule has 4 aromatic rings. The summed E-state index contributed by atoms with van der Waals surface area (Å²) in [5.74, 6) is -1.92. The van der Waals surface area contributed by atoms with E-state index in [9.17, 15) is 13.0 Å². The van der Waals surface area contributed by atoms with E-state index < -0.39 is 22.7 Å². The molecule has 2 aromatic heterocycles. The van der Waals surface area contributed by atoms with Crippen LogP contribution < -0.4 is 5.73 Å². The van der Waals surface area contributed by atoms with E-state index in [-0.39, 0.29) is 28.8 Å². The second-order valence-electron chi connectivity index (χ2n) is 6.25. The van der Waals surface area contributed by atoms with Crippen molar-refractivity contribution in [2.24, 2.45) is 0 Å². The molecule has 1 atom stereocenters. The van der Waals surface area contributed by atoms with Crippen LogP contribution in [0, 0.1) is 11.6 Å². The number of nitrogen functional groups attached to an aromatic ring is 1. The van der Waals surface area contributed by atoms with Gasteiger partial charge in [0.25, 0.3) is 0 Å². The molecule has 0 saturated carbocycles. The molecule has 0 aliphatic carbocycles. The van der Waals surface area contributed by atoms with E-state index in [0.29, 0.717) is 16.8 Å². The minimum absolute atomic E-state index is 0.0151. The quantitative estimate of drug-likeness (QED) is 0.469. The summed E-state index contributed by atoms with van der Waals surface area (Å²) in [5, 5.41) is 7.73. The van der Waals surface area contributed by atoms with E-state index in [1.54, 1.807) is 24.3 Å². The number of aromatic nitrogens is 5. The number of nitrogens with zero attached hydrogens (tertiary/aromatic N) is 5. The van der Waals surface area contributed by atoms with Gasteiger partial charge in [0.15, 0.2) is 40.1 Å². The maximum Gasteiger partial charge on any atom is 0.190 e. The van der Waals surface area contributed by atoms with Crippen LogP contribution in [0.1, 0.15) is 5.56 Å². The van der Waals surface area contributed by atoms with E-state index in [1.165, 1.54) is 29.2 Å². The van der Waals surface area contributed by atoms with Gasteiger partial charge in [-0.2, -0.15) is 0 Å². The number of rotatable bonds is 5. The minimum atomic E-state index is -1.94. The van der Waals surface area contributed by atoms with Crippen LogP contribution in [0.25, 0.3) is 28.5 Å². The second kappa shape index (κ2) is 8.05. The molecule has 152 valence electrons. The molecule has 0 bridgehead atoms. The van der Waals surface area contributed by atoms with Crippen LogP contribution >= 0.6 is 0 Å². The number of nitrogens with two attached hydrogens (primary N) is 1. The average molecular weight is 428 g/mol. The molecular weight excluding hydrogens is 414 g/mol. The Bertz CT molecular complexity index is 1250. The zero-order chi connectivity index (χ0) is 21.3. The Hall–Kier alpha value is -3.57. The lowest BCUT2D eigenvalue weighted by atomic mass is 10.1. The van der Waals surface area contributed by atoms with Gasteiger partial charge in [-0.1, -0.05) is 30.3 Å². The number of benzene rings is 2. The molecule has 4 rings (SSSR count). The Kier molecular flexibility index (Phi) is 5.29. The number of anilines is 1. The van der Waals surface area contributed by atoms with Crippen molar-refractivity contribution in [1.29, 1.82) is 0 Å². The van der Waals surface area contributed by atoms with Crippen molar-refractivity contribution < 1.29 is 17.5 Å². The Morgan fingerprint density at radius 1 is 1.13 bits per heavy atom. The Labute approximate surface area is 171 Å². The summed E-state index contributed by atoms with van der Waals surface area (Å²) < 4.78 is 49.1. The van der Waals surface area contributed by atoms with Crippen LogP contribution in [0.3, 0.4) is 0 Å². The lowest BCUT2D eigenvalue weighted by Crippen LogP contribution is -2.06. The number of halogens is 2. The van der Waals surface area contributed by atoms with Crippen molar-refractivity contribution in [2.45, 2.75) is 5.75 Å². The molecule has 0 fully saturated rings.